The number of hydrogen-bond donors (Lipinski definition) is 0. The topological polar surface area (TPSA) is 68.3 Å². The summed E-state index contributed by atoms with van der Waals surface area (Å²) in [4.78, 5) is -1.35. The minimum absolute atomic E-state index is 0.378. The average molecular weight is 449 g/mol. The van der Waals surface area contributed by atoms with Crippen molar-refractivity contribution in [3.63, 3.8) is 0 Å². The highest BCUT2D eigenvalue weighted by molar-refractivity contribution is 8.10. The summed E-state index contributed by atoms with van der Waals surface area (Å²) in [6, 6.07) is 18.6. The molecule has 1 atom stereocenters. The third kappa shape index (κ3) is 3.07. The van der Waals surface area contributed by atoms with Crippen molar-refractivity contribution in [2.75, 3.05) is 0 Å². The number of halogens is 2. The fraction of sp³-hybridized carbons (Fsp3) is 0.0909. The molecular weight excluding hydrogens is 430 g/mol. The molecule has 0 heterocycles. The average Bonchev–Trinajstić information content (AvgIpc) is 2.79. The zero-order valence-electron chi connectivity index (χ0n) is 15.7. The van der Waals surface area contributed by atoms with Gasteiger partial charge in [0, 0.05) is 0 Å². The minimum atomic E-state index is -5.43. The van der Waals surface area contributed by atoms with Crippen molar-refractivity contribution in [3.8, 4) is 0 Å². The van der Waals surface area contributed by atoms with Crippen molar-refractivity contribution in [2.24, 2.45) is 0 Å². The van der Waals surface area contributed by atoms with E-state index in [1.807, 2.05) is 0 Å². The van der Waals surface area contributed by atoms with Crippen LogP contribution in [0.15, 0.2) is 113 Å². The van der Waals surface area contributed by atoms with Crippen molar-refractivity contribution in [1.29, 1.82) is 0 Å². The zero-order valence-corrected chi connectivity index (χ0v) is 17.3. The monoisotopic (exact) mass is 448 g/mol. The van der Waals surface area contributed by atoms with Gasteiger partial charge in [0.25, 0.3) is 0 Å². The van der Waals surface area contributed by atoms with E-state index < -0.39 is 45.0 Å². The van der Waals surface area contributed by atoms with Gasteiger partial charge >= 0.3 is 4.33 Å². The van der Waals surface area contributed by atoms with Crippen molar-refractivity contribution < 1.29 is 25.6 Å². The normalized spacial score (nSPS) is 14.6. The lowest BCUT2D eigenvalue weighted by atomic mass is 9.97. The fourth-order valence-corrected chi connectivity index (χ4v) is 7.69. The molecule has 0 N–H and O–H groups in total. The number of sulfone groups is 2. The molecule has 0 spiro atoms. The van der Waals surface area contributed by atoms with Crippen LogP contribution >= 0.6 is 0 Å². The quantitative estimate of drug-likeness (QED) is 0.495. The Hall–Kier alpha value is -2.84. The van der Waals surface area contributed by atoms with Crippen LogP contribution in [0.5, 0.6) is 0 Å². The first-order valence-corrected chi connectivity index (χ1v) is 11.8. The Bertz CT molecular complexity index is 1170. The van der Waals surface area contributed by atoms with Gasteiger partial charge < -0.3 is 0 Å². The van der Waals surface area contributed by atoms with E-state index in [-0.39, 0.29) is 0 Å². The van der Waals surface area contributed by atoms with Gasteiger partial charge in [-0.1, -0.05) is 73.3 Å². The molecule has 0 aliphatic heterocycles. The van der Waals surface area contributed by atoms with E-state index in [1.54, 1.807) is 0 Å². The van der Waals surface area contributed by atoms with Crippen LogP contribution < -0.4 is 0 Å². The second-order valence-electron chi connectivity index (χ2n) is 6.45. The standard InChI is InChI=1S/C22H18F2O4S2/c1-2-21(23,18-12-6-3-7-13-18)22(24,29(25,26)19-14-8-4-9-15-19)30(27,28)20-16-10-5-11-17-20/h2-17H,1H2/t21-/m0/s1. The zero-order chi connectivity index (χ0) is 22.0. The van der Waals surface area contributed by atoms with Gasteiger partial charge in [0.15, 0.2) is 0 Å². The van der Waals surface area contributed by atoms with Crippen LogP contribution in [-0.4, -0.2) is 21.2 Å². The minimum Gasteiger partial charge on any atom is -0.228 e. The summed E-state index contributed by atoms with van der Waals surface area (Å²) >= 11 is 0. The van der Waals surface area contributed by atoms with Gasteiger partial charge in [-0.15, -0.1) is 0 Å². The molecule has 156 valence electrons. The second-order valence-corrected chi connectivity index (χ2v) is 10.8. The SMILES string of the molecule is C=C[C@](F)(c1ccccc1)C(F)(S(=O)(=O)c1ccccc1)S(=O)(=O)c1ccccc1. The maximum absolute atomic E-state index is 16.8. The molecule has 0 amide bonds. The summed E-state index contributed by atoms with van der Waals surface area (Å²) < 4.78 is 82.5. The maximum atomic E-state index is 16.8. The maximum Gasteiger partial charge on any atom is 0.358 e. The third-order valence-corrected chi connectivity index (χ3v) is 9.79. The molecule has 3 rings (SSSR count). The lowest BCUT2D eigenvalue weighted by Gasteiger charge is -2.36. The van der Waals surface area contributed by atoms with Crippen molar-refractivity contribution in [1.82, 2.24) is 0 Å². The Labute approximate surface area is 174 Å². The van der Waals surface area contributed by atoms with Crippen LogP contribution in [0, 0.1) is 0 Å². The molecule has 0 saturated heterocycles. The van der Waals surface area contributed by atoms with Gasteiger partial charge in [0.05, 0.1) is 9.79 Å². The largest absolute Gasteiger partial charge is 0.358 e. The van der Waals surface area contributed by atoms with Crippen LogP contribution in [0.4, 0.5) is 8.78 Å². The van der Waals surface area contributed by atoms with E-state index in [9.17, 15) is 16.8 Å². The number of hydrogen-bond acceptors (Lipinski definition) is 4. The molecule has 0 aliphatic carbocycles. The highest BCUT2D eigenvalue weighted by Crippen LogP contribution is 2.52. The van der Waals surface area contributed by atoms with Crippen LogP contribution in [-0.2, 0) is 25.3 Å². The Morgan fingerprint density at radius 3 is 1.30 bits per heavy atom. The summed E-state index contributed by atoms with van der Waals surface area (Å²) in [5.41, 5.74) is -4.11. The van der Waals surface area contributed by atoms with Gasteiger partial charge in [-0.3, -0.25) is 0 Å². The molecule has 0 radical (unpaired) electrons. The third-order valence-electron chi connectivity index (χ3n) is 4.71. The van der Waals surface area contributed by atoms with E-state index >= 15 is 8.78 Å². The van der Waals surface area contributed by atoms with E-state index in [1.165, 1.54) is 54.6 Å². The van der Waals surface area contributed by atoms with Crippen molar-refractivity contribution in [3.05, 3.63) is 109 Å². The van der Waals surface area contributed by atoms with Gasteiger partial charge in [-0.05, 0) is 35.9 Å². The predicted octanol–water partition coefficient (Wildman–Crippen LogP) is 4.61. The molecule has 0 aromatic heterocycles. The van der Waals surface area contributed by atoms with Crippen molar-refractivity contribution in [2.45, 2.75) is 19.8 Å². The first-order chi connectivity index (χ1) is 14.1. The predicted molar refractivity (Wildman–Crippen MR) is 111 cm³/mol. The van der Waals surface area contributed by atoms with Gasteiger partial charge in [0.1, 0.15) is 0 Å². The number of alkyl halides is 2. The summed E-state index contributed by atoms with van der Waals surface area (Å²) in [6.45, 7) is 3.25. The summed E-state index contributed by atoms with van der Waals surface area (Å²) in [6.07, 6.45) is 0.378. The Morgan fingerprint density at radius 2 is 0.967 bits per heavy atom. The summed E-state index contributed by atoms with van der Waals surface area (Å²) in [7, 11) is -10.9. The van der Waals surface area contributed by atoms with Crippen molar-refractivity contribution >= 4 is 19.7 Å². The highest BCUT2D eigenvalue weighted by Gasteiger charge is 2.71. The molecule has 0 saturated carbocycles. The first-order valence-electron chi connectivity index (χ1n) is 8.79. The molecule has 8 heteroatoms. The van der Waals surface area contributed by atoms with Crippen LogP contribution in [0.2, 0.25) is 0 Å². The van der Waals surface area contributed by atoms with E-state index in [2.05, 4.69) is 6.58 Å². The van der Waals surface area contributed by atoms with E-state index in [0.29, 0.717) is 6.08 Å². The highest BCUT2D eigenvalue weighted by atomic mass is 32.3. The summed E-state index contributed by atoms with van der Waals surface area (Å²) in [5, 5.41) is 0. The Kier molecular flexibility index (Phi) is 5.66. The first kappa shape index (κ1) is 21.9. The van der Waals surface area contributed by atoms with Crippen LogP contribution in [0.25, 0.3) is 0 Å². The molecule has 4 nitrogen and oxygen atoms in total. The van der Waals surface area contributed by atoms with Gasteiger partial charge in [-0.25, -0.2) is 25.6 Å². The Balaban J connectivity index is 2.46. The van der Waals surface area contributed by atoms with E-state index in [0.717, 1.165) is 36.4 Å². The fourth-order valence-electron chi connectivity index (χ4n) is 3.13. The summed E-state index contributed by atoms with van der Waals surface area (Å²) in [5.74, 6) is 0. The molecule has 0 bridgehead atoms. The van der Waals surface area contributed by atoms with Gasteiger partial charge in [0.2, 0.25) is 25.3 Å². The smallest absolute Gasteiger partial charge is 0.228 e. The second kappa shape index (κ2) is 7.77. The van der Waals surface area contributed by atoms with Crippen LogP contribution in [0.1, 0.15) is 5.56 Å². The molecule has 3 aromatic rings. The Morgan fingerprint density at radius 1 is 0.633 bits per heavy atom. The number of rotatable bonds is 7. The van der Waals surface area contributed by atoms with E-state index in [4.69, 9.17) is 0 Å². The molecule has 0 unspecified atom stereocenters. The van der Waals surface area contributed by atoms with Gasteiger partial charge in [-0.2, -0.15) is 0 Å². The lowest BCUT2D eigenvalue weighted by molar-refractivity contribution is 0.114. The van der Waals surface area contributed by atoms with Crippen LogP contribution in [0.3, 0.4) is 0 Å². The molecule has 0 fully saturated rings. The molecule has 0 aliphatic rings. The lowest BCUT2D eigenvalue weighted by Crippen LogP contribution is -2.55. The molecular formula is C22H18F2O4S2. The molecule has 30 heavy (non-hydrogen) atoms. The molecule has 3 aromatic carbocycles. The number of allylic oxidation sites excluding steroid dienone is 1. The number of benzene rings is 3.